The van der Waals surface area contributed by atoms with Crippen LogP contribution in [0.1, 0.15) is 13.3 Å². The fourth-order valence-electron chi connectivity index (χ4n) is 1.55. The van der Waals surface area contributed by atoms with Crippen molar-refractivity contribution in [2.24, 2.45) is 0 Å². The minimum atomic E-state index is -0.513. The lowest BCUT2D eigenvalue weighted by molar-refractivity contribution is -0.141. The van der Waals surface area contributed by atoms with Crippen molar-refractivity contribution in [3.05, 3.63) is 21.0 Å². The standard InChI is InChI=1S/C12H18BrN3O3S/c1-4-8(7-20-3)15-9-5-14-16(6-10(17)19-2)12(18)11(9)13/h5,8,15H,4,6-7H2,1-3H3. The van der Waals surface area contributed by atoms with Gasteiger partial charge in [0.2, 0.25) is 0 Å². The van der Waals surface area contributed by atoms with Gasteiger partial charge in [-0.15, -0.1) is 0 Å². The molecule has 0 saturated carbocycles. The van der Waals surface area contributed by atoms with Crippen LogP contribution in [0.2, 0.25) is 0 Å². The largest absolute Gasteiger partial charge is 0.468 e. The van der Waals surface area contributed by atoms with Gasteiger partial charge in [0.25, 0.3) is 5.56 Å². The lowest BCUT2D eigenvalue weighted by atomic mass is 10.2. The van der Waals surface area contributed by atoms with E-state index >= 15 is 0 Å². The number of halogens is 1. The van der Waals surface area contributed by atoms with Gasteiger partial charge >= 0.3 is 5.97 Å². The van der Waals surface area contributed by atoms with Crippen LogP contribution in [0, 0.1) is 0 Å². The van der Waals surface area contributed by atoms with Crippen LogP contribution >= 0.6 is 27.7 Å². The predicted molar refractivity (Wildman–Crippen MR) is 84.3 cm³/mol. The van der Waals surface area contributed by atoms with Crippen molar-refractivity contribution in [3.8, 4) is 0 Å². The molecule has 20 heavy (non-hydrogen) atoms. The van der Waals surface area contributed by atoms with E-state index in [0.29, 0.717) is 10.2 Å². The number of methoxy groups -OCH3 is 1. The Morgan fingerprint density at radius 1 is 1.65 bits per heavy atom. The van der Waals surface area contributed by atoms with Crippen LogP contribution < -0.4 is 10.9 Å². The zero-order chi connectivity index (χ0) is 15.1. The van der Waals surface area contributed by atoms with Crippen molar-refractivity contribution >= 4 is 39.3 Å². The summed E-state index contributed by atoms with van der Waals surface area (Å²) in [6.45, 7) is 1.88. The summed E-state index contributed by atoms with van der Waals surface area (Å²) < 4.78 is 5.96. The Balaban J connectivity index is 2.94. The SMILES string of the molecule is CCC(CSC)Nc1cnn(CC(=O)OC)c(=O)c1Br. The van der Waals surface area contributed by atoms with Gasteiger partial charge in [0.05, 0.1) is 19.0 Å². The Kier molecular flexibility index (Phi) is 7.08. The summed E-state index contributed by atoms with van der Waals surface area (Å²) in [7, 11) is 1.27. The Morgan fingerprint density at radius 3 is 2.90 bits per heavy atom. The number of hydrogen-bond donors (Lipinski definition) is 1. The molecule has 1 unspecified atom stereocenters. The van der Waals surface area contributed by atoms with Gasteiger partial charge in [0, 0.05) is 11.8 Å². The molecular weight excluding hydrogens is 346 g/mol. The Morgan fingerprint density at radius 2 is 2.35 bits per heavy atom. The molecule has 1 heterocycles. The number of carbonyl (C=O) groups excluding carboxylic acids is 1. The van der Waals surface area contributed by atoms with E-state index in [-0.39, 0.29) is 18.1 Å². The zero-order valence-electron chi connectivity index (χ0n) is 11.7. The highest BCUT2D eigenvalue weighted by Crippen LogP contribution is 2.19. The first-order valence-corrected chi connectivity index (χ1v) is 8.30. The van der Waals surface area contributed by atoms with E-state index in [1.54, 1.807) is 11.8 Å². The van der Waals surface area contributed by atoms with E-state index in [1.165, 1.54) is 13.3 Å². The first-order valence-electron chi connectivity index (χ1n) is 6.11. The molecule has 0 aromatic carbocycles. The molecule has 0 radical (unpaired) electrons. The first-order chi connectivity index (χ1) is 9.53. The van der Waals surface area contributed by atoms with Crippen molar-refractivity contribution < 1.29 is 9.53 Å². The molecule has 8 heteroatoms. The van der Waals surface area contributed by atoms with Crippen molar-refractivity contribution in [2.75, 3.05) is 24.4 Å². The highest BCUT2D eigenvalue weighted by molar-refractivity contribution is 9.10. The lowest BCUT2D eigenvalue weighted by Crippen LogP contribution is -2.30. The van der Waals surface area contributed by atoms with Crippen LogP contribution in [0.3, 0.4) is 0 Å². The molecule has 0 spiro atoms. The van der Waals surface area contributed by atoms with E-state index < -0.39 is 5.97 Å². The van der Waals surface area contributed by atoms with Gasteiger partial charge in [-0.05, 0) is 28.6 Å². The van der Waals surface area contributed by atoms with E-state index in [2.05, 4.69) is 38.0 Å². The maximum absolute atomic E-state index is 12.1. The molecule has 1 N–H and O–H groups in total. The fourth-order valence-corrected chi connectivity index (χ4v) is 2.69. The van der Waals surface area contributed by atoms with Crippen LogP contribution in [-0.2, 0) is 16.1 Å². The number of rotatable bonds is 7. The molecule has 0 aliphatic rings. The van der Waals surface area contributed by atoms with Crippen LogP contribution in [0.15, 0.2) is 15.5 Å². The third-order valence-electron chi connectivity index (χ3n) is 2.71. The summed E-state index contributed by atoms with van der Waals surface area (Å²) >= 11 is 4.99. The van der Waals surface area contributed by atoms with Gasteiger partial charge < -0.3 is 10.1 Å². The maximum Gasteiger partial charge on any atom is 0.327 e. The molecule has 0 bridgehead atoms. The minimum Gasteiger partial charge on any atom is -0.468 e. The van der Waals surface area contributed by atoms with Gasteiger partial charge in [0.15, 0.2) is 0 Å². The summed E-state index contributed by atoms with van der Waals surface area (Å²) in [5, 5.41) is 7.25. The van der Waals surface area contributed by atoms with Crippen LogP contribution in [0.4, 0.5) is 5.69 Å². The molecule has 0 amide bonds. The maximum atomic E-state index is 12.1. The molecule has 6 nitrogen and oxygen atoms in total. The molecule has 1 atom stereocenters. The smallest absolute Gasteiger partial charge is 0.327 e. The normalized spacial score (nSPS) is 12.0. The van der Waals surface area contributed by atoms with E-state index in [4.69, 9.17) is 0 Å². The summed E-state index contributed by atoms with van der Waals surface area (Å²) in [5.74, 6) is 0.426. The van der Waals surface area contributed by atoms with E-state index in [9.17, 15) is 9.59 Å². The molecule has 1 aromatic rings. The molecule has 1 rings (SSSR count). The second-order valence-corrected chi connectivity index (χ2v) is 5.82. The number of aromatic nitrogens is 2. The number of ether oxygens (including phenoxy) is 1. The van der Waals surface area contributed by atoms with Crippen LogP contribution in [-0.4, -0.2) is 40.9 Å². The van der Waals surface area contributed by atoms with Crippen molar-refractivity contribution in [1.82, 2.24) is 9.78 Å². The summed E-state index contributed by atoms with van der Waals surface area (Å²) in [5.41, 5.74) is 0.274. The summed E-state index contributed by atoms with van der Waals surface area (Å²) in [4.78, 5) is 23.3. The van der Waals surface area contributed by atoms with Gasteiger partial charge in [-0.3, -0.25) is 9.59 Å². The Hall–Kier alpha value is -1.02. The molecule has 0 aliphatic heterocycles. The molecule has 0 fully saturated rings. The molecule has 1 aromatic heterocycles. The first kappa shape index (κ1) is 17.0. The van der Waals surface area contributed by atoms with Gasteiger partial charge in [-0.25, -0.2) is 4.68 Å². The average molecular weight is 364 g/mol. The monoisotopic (exact) mass is 363 g/mol. The number of hydrogen-bond acceptors (Lipinski definition) is 6. The summed E-state index contributed by atoms with van der Waals surface area (Å²) in [6, 6.07) is 0.263. The second-order valence-electron chi connectivity index (χ2n) is 4.12. The van der Waals surface area contributed by atoms with Gasteiger partial charge in [0.1, 0.15) is 11.0 Å². The predicted octanol–water partition coefficient (Wildman–Crippen LogP) is 1.73. The van der Waals surface area contributed by atoms with Gasteiger partial charge in [-0.1, -0.05) is 6.92 Å². The Bertz CT molecular complexity index is 521. The molecule has 112 valence electrons. The average Bonchev–Trinajstić information content (AvgIpc) is 2.45. The quantitative estimate of drug-likeness (QED) is 0.743. The number of carbonyl (C=O) groups is 1. The molecular formula is C12H18BrN3O3S. The summed E-state index contributed by atoms with van der Waals surface area (Å²) in [6.07, 6.45) is 4.52. The third-order valence-corrected chi connectivity index (χ3v) is 4.21. The van der Waals surface area contributed by atoms with Crippen molar-refractivity contribution in [1.29, 1.82) is 0 Å². The number of nitrogens with one attached hydrogen (secondary N) is 1. The van der Waals surface area contributed by atoms with Crippen molar-refractivity contribution in [3.63, 3.8) is 0 Å². The topological polar surface area (TPSA) is 73.2 Å². The zero-order valence-corrected chi connectivity index (χ0v) is 14.1. The highest BCUT2D eigenvalue weighted by Gasteiger charge is 2.14. The lowest BCUT2D eigenvalue weighted by Gasteiger charge is -2.18. The number of esters is 1. The third kappa shape index (κ3) is 4.52. The van der Waals surface area contributed by atoms with Crippen LogP contribution in [0.25, 0.3) is 0 Å². The molecule has 0 saturated heterocycles. The van der Waals surface area contributed by atoms with E-state index in [0.717, 1.165) is 16.9 Å². The van der Waals surface area contributed by atoms with E-state index in [1.807, 2.05) is 6.26 Å². The molecule has 0 aliphatic carbocycles. The fraction of sp³-hybridized carbons (Fsp3) is 0.583. The van der Waals surface area contributed by atoms with Crippen LogP contribution in [0.5, 0.6) is 0 Å². The second kappa shape index (κ2) is 8.31. The number of thioether (sulfide) groups is 1. The number of nitrogens with zero attached hydrogens (tertiary/aromatic N) is 2. The Labute approximate surface area is 130 Å². The van der Waals surface area contributed by atoms with Crippen molar-refractivity contribution in [2.45, 2.75) is 25.9 Å². The highest BCUT2D eigenvalue weighted by atomic mass is 79.9. The number of anilines is 1. The minimum absolute atomic E-state index is 0.198. The van der Waals surface area contributed by atoms with Gasteiger partial charge in [-0.2, -0.15) is 16.9 Å².